The smallest absolute Gasteiger partial charge is 0.257 e. The molecule has 220 valence electrons. The van der Waals surface area contributed by atoms with Crippen molar-refractivity contribution in [2.75, 3.05) is 59.2 Å². The maximum absolute atomic E-state index is 13.8. The molecule has 1 aliphatic carbocycles. The molecule has 1 aromatic heterocycles. The fourth-order valence-electron chi connectivity index (χ4n) is 5.92. The van der Waals surface area contributed by atoms with E-state index in [-0.39, 0.29) is 12.0 Å². The highest BCUT2D eigenvalue weighted by atomic mass is 32.2. The van der Waals surface area contributed by atoms with Gasteiger partial charge in [-0.2, -0.15) is 0 Å². The van der Waals surface area contributed by atoms with Crippen LogP contribution in [0.15, 0.2) is 47.1 Å². The Morgan fingerprint density at radius 2 is 1.80 bits per heavy atom. The number of furan rings is 1. The van der Waals surface area contributed by atoms with Crippen LogP contribution in [-0.4, -0.2) is 70.2 Å². The monoisotopic (exact) mass is 582 g/mol. The number of carbonyl (C=O) groups excluding carboxylic acids is 1. The Hall–Kier alpha value is -3.28. The number of benzene rings is 2. The molecule has 2 aromatic carbocycles. The van der Waals surface area contributed by atoms with E-state index in [0.717, 1.165) is 55.7 Å². The largest absolute Gasteiger partial charge is 0.462 e. The number of ether oxygens (including phenoxy) is 1. The van der Waals surface area contributed by atoms with Crippen molar-refractivity contribution < 1.29 is 27.5 Å². The van der Waals surface area contributed by atoms with Crippen LogP contribution in [0.1, 0.15) is 49.9 Å². The Morgan fingerprint density at radius 1 is 1.05 bits per heavy atom. The van der Waals surface area contributed by atoms with E-state index in [1.54, 1.807) is 24.5 Å². The van der Waals surface area contributed by atoms with Gasteiger partial charge in [-0.05, 0) is 81.3 Å². The second kappa shape index (κ2) is 10.8. The summed E-state index contributed by atoms with van der Waals surface area (Å²) in [5, 5.41) is 12.4. The van der Waals surface area contributed by atoms with E-state index < -0.39 is 21.9 Å². The molecule has 10 nitrogen and oxygen atoms in total. The molecule has 3 aromatic rings. The average Bonchev–Trinajstić information content (AvgIpc) is 3.53. The zero-order chi connectivity index (χ0) is 28.8. The average molecular weight is 583 g/mol. The molecule has 41 heavy (non-hydrogen) atoms. The van der Waals surface area contributed by atoms with Crippen molar-refractivity contribution in [3.8, 4) is 0 Å². The van der Waals surface area contributed by atoms with Crippen LogP contribution in [0.4, 0.5) is 22.7 Å². The lowest BCUT2D eigenvalue weighted by molar-refractivity contribution is 0.0532. The van der Waals surface area contributed by atoms with Crippen molar-refractivity contribution in [3.63, 3.8) is 0 Å². The molecule has 1 amide bonds. The summed E-state index contributed by atoms with van der Waals surface area (Å²) in [7, 11) is -3.78. The van der Waals surface area contributed by atoms with Gasteiger partial charge in [0.1, 0.15) is 5.25 Å². The molecule has 0 bridgehead atoms. The van der Waals surface area contributed by atoms with Crippen LogP contribution in [0.5, 0.6) is 0 Å². The van der Waals surface area contributed by atoms with Crippen LogP contribution in [-0.2, 0) is 14.8 Å². The number of nitrogens with one attached hydrogen (secondary N) is 2. The molecule has 11 heteroatoms. The number of fused-ring (bicyclic) bond motifs is 1. The molecule has 3 N–H and O–H groups in total. The predicted octanol–water partition coefficient (Wildman–Crippen LogP) is 4.41. The topological polar surface area (TPSA) is 124 Å². The summed E-state index contributed by atoms with van der Waals surface area (Å²) < 4.78 is 39.4. The van der Waals surface area contributed by atoms with E-state index in [1.165, 1.54) is 19.8 Å². The van der Waals surface area contributed by atoms with Gasteiger partial charge in [0.05, 0.1) is 48.2 Å². The van der Waals surface area contributed by atoms with Crippen LogP contribution >= 0.6 is 0 Å². The van der Waals surface area contributed by atoms with Crippen LogP contribution < -0.4 is 19.8 Å². The number of anilines is 4. The van der Waals surface area contributed by atoms with Crippen molar-refractivity contribution in [1.82, 2.24) is 0 Å². The van der Waals surface area contributed by atoms with Crippen LogP contribution in [0.2, 0.25) is 0 Å². The number of hydrogen-bond donors (Lipinski definition) is 3. The summed E-state index contributed by atoms with van der Waals surface area (Å²) in [6.45, 7) is 6.70. The molecule has 2 saturated heterocycles. The SMILES string of the molecule is C[C@@H]1CN(c2cc(NC(=O)c3ccc(NS(=O)(=O)[C@H](C)CO)cc3N3CCC4(CC3)CC4)cc3ccoc23)CCO1. The fraction of sp³-hybridized carbons (Fsp3) is 0.500. The lowest BCUT2D eigenvalue weighted by Gasteiger charge is -2.35. The molecule has 3 aliphatic rings. The first kappa shape index (κ1) is 27.9. The normalized spacial score (nSPS) is 21.2. The quantitative estimate of drug-likeness (QED) is 0.357. The fourth-order valence-corrected chi connectivity index (χ4v) is 6.77. The Labute approximate surface area is 240 Å². The molecule has 3 heterocycles. The number of rotatable bonds is 8. The highest BCUT2D eigenvalue weighted by Gasteiger charge is 2.44. The summed E-state index contributed by atoms with van der Waals surface area (Å²) in [5.41, 5.74) is 4.32. The Kier molecular flexibility index (Phi) is 7.37. The van der Waals surface area contributed by atoms with Crippen LogP contribution in [0.25, 0.3) is 11.0 Å². The summed E-state index contributed by atoms with van der Waals surface area (Å²) >= 11 is 0. The highest BCUT2D eigenvalue weighted by molar-refractivity contribution is 7.93. The Morgan fingerprint density at radius 3 is 2.51 bits per heavy atom. The minimum atomic E-state index is -3.78. The zero-order valence-electron chi connectivity index (χ0n) is 23.6. The van der Waals surface area contributed by atoms with Gasteiger partial charge >= 0.3 is 0 Å². The van der Waals surface area contributed by atoms with Crippen molar-refractivity contribution in [2.45, 2.75) is 50.9 Å². The molecule has 6 rings (SSSR count). The third-order valence-corrected chi connectivity index (χ3v) is 10.5. The van der Waals surface area contributed by atoms with Crippen LogP contribution in [0.3, 0.4) is 0 Å². The molecular weight excluding hydrogens is 544 g/mol. The maximum atomic E-state index is 13.8. The van der Waals surface area contributed by atoms with Crippen molar-refractivity contribution in [1.29, 1.82) is 0 Å². The molecule has 1 spiro atoms. The molecule has 1 saturated carbocycles. The van der Waals surface area contributed by atoms with Gasteiger partial charge in [0.2, 0.25) is 10.0 Å². The predicted molar refractivity (Wildman–Crippen MR) is 160 cm³/mol. The Balaban J connectivity index is 1.30. The molecule has 3 fully saturated rings. The molecular formula is C30H38N4O6S. The summed E-state index contributed by atoms with van der Waals surface area (Å²) in [4.78, 5) is 18.2. The number of hydrogen-bond acceptors (Lipinski definition) is 8. The van der Waals surface area contributed by atoms with E-state index in [1.807, 2.05) is 25.1 Å². The molecule has 0 unspecified atom stereocenters. The zero-order valence-corrected chi connectivity index (χ0v) is 24.4. The van der Waals surface area contributed by atoms with Gasteiger partial charge in [-0.1, -0.05) is 0 Å². The Bertz CT molecular complexity index is 1540. The van der Waals surface area contributed by atoms with Gasteiger partial charge in [0.25, 0.3) is 5.91 Å². The lowest BCUT2D eigenvalue weighted by Crippen LogP contribution is -2.41. The summed E-state index contributed by atoms with van der Waals surface area (Å²) in [6.07, 6.45) is 6.38. The number of amides is 1. The summed E-state index contributed by atoms with van der Waals surface area (Å²) in [6, 6.07) is 10.7. The first-order valence-corrected chi connectivity index (χ1v) is 15.9. The van der Waals surface area contributed by atoms with E-state index >= 15 is 0 Å². The van der Waals surface area contributed by atoms with Crippen LogP contribution in [0, 0.1) is 5.41 Å². The van der Waals surface area contributed by atoms with Gasteiger partial charge in [0, 0.05) is 37.3 Å². The van der Waals surface area contributed by atoms with E-state index in [9.17, 15) is 18.3 Å². The van der Waals surface area contributed by atoms with E-state index in [0.29, 0.717) is 34.6 Å². The number of piperidine rings is 1. The molecule has 0 radical (unpaired) electrons. The van der Waals surface area contributed by atoms with Crippen molar-refractivity contribution in [2.24, 2.45) is 5.41 Å². The number of aliphatic hydroxyl groups excluding tert-OH is 1. The van der Waals surface area contributed by atoms with E-state index in [2.05, 4.69) is 19.8 Å². The lowest BCUT2D eigenvalue weighted by atomic mass is 9.93. The van der Waals surface area contributed by atoms with Gasteiger partial charge in [-0.3, -0.25) is 9.52 Å². The van der Waals surface area contributed by atoms with Gasteiger partial charge in [-0.25, -0.2) is 8.42 Å². The van der Waals surface area contributed by atoms with Crippen molar-refractivity contribution in [3.05, 3.63) is 48.2 Å². The minimum absolute atomic E-state index is 0.0881. The maximum Gasteiger partial charge on any atom is 0.257 e. The third kappa shape index (κ3) is 5.75. The second-order valence-corrected chi connectivity index (χ2v) is 13.9. The number of carbonyl (C=O) groups is 1. The highest BCUT2D eigenvalue weighted by Crippen LogP contribution is 2.54. The number of aliphatic hydroxyl groups is 1. The number of sulfonamides is 1. The first-order chi connectivity index (χ1) is 19.7. The van der Waals surface area contributed by atoms with E-state index in [4.69, 9.17) is 9.15 Å². The minimum Gasteiger partial charge on any atom is -0.462 e. The standard InChI is InChI=1S/C30H38N4O6S/c1-20-18-34(12-14-39-20)27-17-24(15-22-5-13-40-28(22)27)31-29(36)25-4-3-23(32-41(37,38)21(2)19-35)16-26(25)33-10-8-30(6-7-30)9-11-33/h3-5,13,15-17,20-21,32,35H,6-12,14,18-19H2,1-2H3,(H,31,36)/t20-,21-/m1/s1. The molecule has 2 atom stereocenters. The van der Waals surface area contributed by atoms with Gasteiger partial charge in [-0.15, -0.1) is 0 Å². The summed E-state index contributed by atoms with van der Waals surface area (Å²) in [5.74, 6) is -0.269. The molecule has 2 aliphatic heterocycles. The number of morpholine rings is 1. The van der Waals surface area contributed by atoms with Gasteiger partial charge < -0.3 is 29.4 Å². The number of nitrogens with zero attached hydrogens (tertiary/aromatic N) is 2. The second-order valence-electron chi connectivity index (χ2n) is 11.8. The van der Waals surface area contributed by atoms with Gasteiger partial charge in [0.15, 0.2) is 5.58 Å². The van der Waals surface area contributed by atoms with Crippen molar-refractivity contribution >= 4 is 49.6 Å². The third-order valence-electron chi connectivity index (χ3n) is 8.78. The first-order valence-electron chi connectivity index (χ1n) is 14.4.